The lowest BCUT2D eigenvalue weighted by Gasteiger charge is -2.10. The fourth-order valence-corrected chi connectivity index (χ4v) is 3.46. The molecule has 1 saturated heterocycles. The molecule has 0 atom stereocenters. The summed E-state index contributed by atoms with van der Waals surface area (Å²) in [5.41, 5.74) is 7.95. The maximum atomic E-state index is 12.4. The van der Waals surface area contributed by atoms with Gasteiger partial charge < -0.3 is 10.5 Å². The molecular weight excluding hydrogens is 364 g/mol. The average molecular weight is 382 g/mol. The topological polar surface area (TPSA) is 89.7 Å². The molecule has 1 fully saturated rings. The van der Waals surface area contributed by atoms with E-state index < -0.39 is 23.6 Å². The normalized spacial score (nSPS) is 15.4. The number of amides is 3. The molecule has 7 heteroatoms. The summed E-state index contributed by atoms with van der Waals surface area (Å²) >= 11 is 0.779. The summed E-state index contributed by atoms with van der Waals surface area (Å²) in [6.45, 7) is 1.98. The summed E-state index contributed by atoms with van der Waals surface area (Å²) in [7, 11) is 0. The van der Waals surface area contributed by atoms with Gasteiger partial charge in [0.15, 0.2) is 0 Å². The summed E-state index contributed by atoms with van der Waals surface area (Å²) < 4.78 is 5.90. The molecule has 138 valence electrons. The zero-order chi connectivity index (χ0) is 19.4. The number of hydrogen-bond acceptors (Lipinski definition) is 5. The lowest BCUT2D eigenvalue weighted by atomic mass is 10.1. The van der Waals surface area contributed by atoms with Crippen molar-refractivity contribution in [2.24, 2.45) is 5.73 Å². The quantitative estimate of drug-likeness (QED) is 0.776. The highest BCUT2D eigenvalue weighted by Crippen LogP contribution is 2.33. The molecule has 0 bridgehead atoms. The van der Waals surface area contributed by atoms with Crippen molar-refractivity contribution in [3.63, 3.8) is 0 Å². The molecule has 0 radical (unpaired) electrons. The van der Waals surface area contributed by atoms with E-state index in [2.05, 4.69) is 0 Å². The first-order valence-corrected chi connectivity index (χ1v) is 9.07. The van der Waals surface area contributed by atoms with Gasteiger partial charge in [-0.25, -0.2) is 0 Å². The van der Waals surface area contributed by atoms with Crippen LogP contribution in [0.3, 0.4) is 0 Å². The van der Waals surface area contributed by atoms with E-state index in [0.29, 0.717) is 17.9 Å². The van der Waals surface area contributed by atoms with Crippen LogP contribution in [-0.2, 0) is 16.2 Å². The van der Waals surface area contributed by atoms with Crippen LogP contribution in [0.4, 0.5) is 4.79 Å². The van der Waals surface area contributed by atoms with Crippen LogP contribution in [0.5, 0.6) is 5.75 Å². The van der Waals surface area contributed by atoms with Gasteiger partial charge in [0.25, 0.3) is 11.1 Å². The first-order chi connectivity index (χ1) is 12.9. The van der Waals surface area contributed by atoms with Gasteiger partial charge in [-0.05, 0) is 36.4 Å². The van der Waals surface area contributed by atoms with Crippen LogP contribution in [0.1, 0.15) is 16.7 Å². The SMILES string of the molecule is Cc1cccc(COc2ccccc2/C=C2\SC(=O)N(CC(N)=O)C2=O)c1. The number of thioether (sulfide) groups is 1. The molecule has 3 amide bonds. The van der Waals surface area contributed by atoms with Crippen molar-refractivity contribution in [2.75, 3.05) is 6.54 Å². The molecule has 1 aliphatic heterocycles. The predicted molar refractivity (Wildman–Crippen MR) is 104 cm³/mol. The standard InChI is InChI=1S/C20H18N2O4S/c1-13-5-4-6-14(9-13)12-26-16-8-3-2-7-15(16)10-17-19(24)22(11-18(21)23)20(25)27-17/h2-10H,11-12H2,1H3,(H2,21,23)/b17-10-. The van der Waals surface area contributed by atoms with Crippen molar-refractivity contribution >= 4 is 34.9 Å². The zero-order valence-corrected chi connectivity index (χ0v) is 15.5. The van der Waals surface area contributed by atoms with Crippen molar-refractivity contribution in [2.45, 2.75) is 13.5 Å². The Hall–Kier alpha value is -3.06. The van der Waals surface area contributed by atoms with Crippen LogP contribution in [0, 0.1) is 6.92 Å². The molecule has 1 heterocycles. The minimum atomic E-state index is -0.736. The van der Waals surface area contributed by atoms with Gasteiger partial charge in [-0.1, -0.05) is 48.0 Å². The summed E-state index contributed by atoms with van der Waals surface area (Å²) in [4.78, 5) is 36.4. The summed E-state index contributed by atoms with van der Waals surface area (Å²) in [5.74, 6) is -0.668. The van der Waals surface area contributed by atoms with Crippen LogP contribution >= 0.6 is 11.8 Å². The predicted octanol–water partition coefficient (Wildman–Crippen LogP) is 3.10. The fraction of sp³-hybridized carbons (Fsp3) is 0.150. The lowest BCUT2D eigenvalue weighted by Crippen LogP contribution is -2.36. The van der Waals surface area contributed by atoms with Crippen LogP contribution in [0.15, 0.2) is 53.4 Å². The molecule has 0 aliphatic carbocycles. The van der Waals surface area contributed by atoms with Gasteiger partial charge >= 0.3 is 0 Å². The van der Waals surface area contributed by atoms with Crippen molar-refractivity contribution in [1.82, 2.24) is 4.90 Å². The molecular formula is C20H18N2O4S. The molecule has 2 aromatic rings. The Balaban J connectivity index is 1.80. The Morgan fingerprint density at radius 3 is 2.70 bits per heavy atom. The van der Waals surface area contributed by atoms with Gasteiger partial charge in [0.2, 0.25) is 5.91 Å². The summed E-state index contributed by atoms with van der Waals surface area (Å²) in [6, 6.07) is 15.3. The zero-order valence-electron chi connectivity index (χ0n) is 14.7. The Morgan fingerprint density at radius 2 is 1.96 bits per heavy atom. The van der Waals surface area contributed by atoms with Crippen molar-refractivity contribution < 1.29 is 19.1 Å². The van der Waals surface area contributed by atoms with Gasteiger partial charge in [0.05, 0.1) is 4.91 Å². The number of nitrogens with zero attached hydrogens (tertiary/aromatic N) is 1. The first-order valence-electron chi connectivity index (χ1n) is 8.25. The second kappa shape index (κ2) is 8.09. The molecule has 27 heavy (non-hydrogen) atoms. The van der Waals surface area contributed by atoms with E-state index in [1.165, 1.54) is 0 Å². The third kappa shape index (κ3) is 4.57. The first kappa shape index (κ1) is 18.7. The number of para-hydroxylation sites is 1. The minimum absolute atomic E-state index is 0.229. The number of primary amides is 1. The highest BCUT2D eigenvalue weighted by Gasteiger charge is 2.35. The van der Waals surface area contributed by atoms with E-state index in [0.717, 1.165) is 27.8 Å². The van der Waals surface area contributed by atoms with Crippen LogP contribution in [0.25, 0.3) is 6.08 Å². The van der Waals surface area contributed by atoms with E-state index in [9.17, 15) is 14.4 Å². The van der Waals surface area contributed by atoms with Crippen LogP contribution in [0.2, 0.25) is 0 Å². The largest absolute Gasteiger partial charge is 0.488 e. The summed E-state index contributed by atoms with van der Waals surface area (Å²) in [6.07, 6.45) is 1.59. The minimum Gasteiger partial charge on any atom is -0.488 e. The fourth-order valence-electron chi connectivity index (χ4n) is 2.63. The molecule has 0 aromatic heterocycles. The van der Waals surface area contributed by atoms with E-state index in [4.69, 9.17) is 10.5 Å². The molecule has 3 rings (SSSR count). The number of carbonyl (C=O) groups excluding carboxylic acids is 3. The van der Waals surface area contributed by atoms with Gasteiger partial charge in [-0.15, -0.1) is 0 Å². The van der Waals surface area contributed by atoms with Gasteiger partial charge in [0.1, 0.15) is 18.9 Å². The number of benzene rings is 2. The van der Waals surface area contributed by atoms with Crippen molar-refractivity contribution in [3.8, 4) is 5.75 Å². The number of carbonyl (C=O) groups is 3. The number of hydrogen-bond donors (Lipinski definition) is 1. The van der Waals surface area contributed by atoms with E-state index in [1.54, 1.807) is 18.2 Å². The number of rotatable bonds is 6. The maximum absolute atomic E-state index is 12.4. The van der Waals surface area contributed by atoms with E-state index in [1.807, 2.05) is 43.3 Å². The number of nitrogens with two attached hydrogens (primary N) is 1. The second-order valence-electron chi connectivity index (χ2n) is 6.05. The van der Waals surface area contributed by atoms with Gasteiger partial charge in [-0.2, -0.15) is 0 Å². The third-order valence-electron chi connectivity index (χ3n) is 3.87. The Kier molecular flexibility index (Phi) is 5.61. The maximum Gasteiger partial charge on any atom is 0.294 e. The van der Waals surface area contributed by atoms with E-state index in [-0.39, 0.29) is 4.91 Å². The molecule has 0 saturated carbocycles. The second-order valence-corrected chi connectivity index (χ2v) is 7.04. The van der Waals surface area contributed by atoms with Gasteiger partial charge in [0, 0.05) is 5.56 Å². The number of imide groups is 1. The molecule has 0 unspecified atom stereocenters. The molecule has 6 nitrogen and oxygen atoms in total. The monoisotopic (exact) mass is 382 g/mol. The van der Waals surface area contributed by atoms with Crippen LogP contribution < -0.4 is 10.5 Å². The molecule has 1 aliphatic rings. The Bertz CT molecular complexity index is 939. The summed E-state index contributed by atoms with van der Waals surface area (Å²) in [5, 5.41) is -0.511. The Labute approximate surface area is 161 Å². The molecule has 0 spiro atoms. The average Bonchev–Trinajstić information content (AvgIpc) is 2.88. The number of aryl methyl sites for hydroxylation is 1. The molecule has 2 aromatic carbocycles. The van der Waals surface area contributed by atoms with Crippen molar-refractivity contribution in [3.05, 3.63) is 70.1 Å². The third-order valence-corrected chi connectivity index (χ3v) is 4.78. The molecule has 2 N–H and O–H groups in total. The van der Waals surface area contributed by atoms with Crippen LogP contribution in [-0.4, -0.2) is 28.5 Å². The number of ether oxygens (including phenoxy) is 1. The van der Waals surface area contributed by atoms with E-state index >= 15 is 0 Å². The van der Waals surface area contributed by atoms with Crippen molar-refractivity contribution in [1.29, 1.82) is 0 Å². The van der Waals surface area contributed by atoms with Gasteiger partial charge in [-0.3, -0.25) is 19.3 Å². The highest BCUT2D eigenvalue weighted by atomic mass is 32.2. The Morgan fingerprint density at radius 1 is 1.19 bits per heavy atom. The smallest absolute Gasteiger partial charge is 0.294 e. The highest BCUT2D eigenvalue weighted by molar-refractivity contribution is 8.18. The lowest BCUT2D eigenvalue weighted by molar-refractivity contribution is -0.127.